The Morgan fingerprint density at radius 2 is 1.58 bits per heavy atom. The highest BCUT2D eigenvalue weighted by Crippen LogP contribution is 2.27. The Balaban J connectivity index is 2.19. The fourth-order valence-corrected chi connectivity index (χ4v) is 1.96. The van der Waals surface area contributed by atoms with E-state index >= 15 is 0 Å². The molecule has 0 aliphatic carbocycles. The molecule has 4 nitrogen and oxygen atoms in total. The summed E-state index contributed by atoms with van der Waals surface area (Å²) >= 11 is 0. The van der Waals surface area contributed by atoms with Crippen molar-refractivity contribution < 1.29 is 20.1 Å². The van der Waals surface area contributed by atoms with Gasteiger partial charge in [-0.3, -0.25) is 4.79 Å². The van der Waals surface area contributed by atoms with Gasteiger partial charge in [0.15, 0.2) is 6.29 Å². The molecule has 2 rings (SSSR count). The van der Waals surface area contributed by atoms with E-state index in [-0.39, 0.29) is 22.8 Å². The number of rotatable bonds is 4. The first-order chi connectivity index (χ1) is 9.10. The average Bonchev–Trinajstić information content (AvgIpc) is 2.37. The first kappa shape index (κ1) is 13.0. The van der Waals surface area contributed by atoms with Crippen LogP contribution in [-0.4, -0.2) is 21.6 Å². The van der Waals surface area contributed by atoms with Gasteiger partial charge >= 0.3 is 0 Å². The lowest BCUT2D eigenvalue weighted by atomic mass is 9.99. The van der Waals surface area contributed by atoms with Crippen LogP contribution in [0.4, 0.5) is 0 Å². The average molecular weight is 258 g/mol. The topological polar surface area (TPSA) is 77.8 Å². The molecule has 0 aliphatic rings. The number of aryl methyl sites for hydroxylation is 2. The third kappa shape index (κ3) is 3.04. The van der Waals surface area contributed by atoms with E-state index in [4.69, 9.17) is 0 Å². The maximum absolute atomic E-state index is 10.9. The predicted molar refractivity (Wildman–Crippen MR) is 70.7 cm³/mol. The summed E-state index contributed by atoms with van der Waals surface area (Å²) in [4.78, 5) is 10.9. The Labute approximate surface area is 110 Å². The van der Waals surface area contributed by atoms with Crippen molar-refractivity contribution in [3.63, 3.8) is 0 Å². The van der Waals surface area contributed by atoms with Crippen molar-refractivity contribution in [1.82, 2.24) is 0 Å². The Morgan fingerprint density at radius 3 is 2.21 bits per heavy atom. The summed E-state index contributed by atoms with van der Waals surface area (Å²) in [5.41, 5.74) is 1.80. The first-order valence-electron chi connectivity index (χ1n) is 5.88. The maximum atomic E-state index is 10.9. The number of aromatic hydroxyl groups is 3. The van der Waals surface area contributed by atoms with Crippen molar-refractivity contribution in [2.45, 2.75) is 12.8 Å². The van der Waals surface area contributed by atoms with Crippen LogP contribution in [0.5, 0.6) is 17.2 Å². The van der Waals surface area contributed by atoms with Gasteiger partial charge in [0.25, 0.3) is 0 Å². The molecule has 0 spiro atoms. The van der Waals surface area contributed by atoms with Crippen LogP contribution in [0, 0.1) is 0 Å². The zero-order valence-corrected chi connectivity index (χ0v) is 10.2. The van der Waals surface area contributed by atoms with Gasteiger partial charge in [-0.25, -0.2) is 0 Å². The van der Waals surface area contributed by atoms with Crippen molar-refractivity contribution in [3.8, 4) is 17.2 Å². The van der Waals surface area contributed by atoms with Gasteiger partial charge in [-0.2, -0.15) is 0 Å². The quantitative estimate of drug-likeness (QED) is 0.736. The standard InChI is InChI=1S/C15H14O4/c16-9-14-11(7-13(18)8-15(14)19)4-1-10-2-5-12(17)6-3-10/h2-3,5-9,17-19H,1,4H2. The van der Waals surface area contributed by atoms with Crippen LogP contribution in [0.15, 0.2) is 36.4 Å². The SMILES string of the molecule is O=Cc1c(O)cc(O)cc1CCc1ccc(O)cc1. The van der Waals surface area contributed by atoms with Crippen molar-refractivity contribution >= 4 is 6.29 Å². The zero-order chi connectivity index (χ0) is 13.8. The van der Waals surface area contributed by atoms with E-state index in [0.29, 0.717) is 24.7 Å². The van der Waals surface area contributed by atoms with Crippen LogP contribution < -0.4 is 0 Å². The molecule has 0 saturated heterocycles. The molecule has 2 aromatic carbocycles. The van der Waals surface area contributed by atoms with Crippen LogP contribution in [0.2, 0.25) is 0 Å². The van der Waals surface area contributed by atoms with E-state index in [0.717, 1.165) is 11.6 Å². The normalized spacial score (nSPS) is 10.3. The lowest BCUT2D eigenvalue weighted by molar-refractivity contribution is 0.112. The van der Waals surface area contributed by atoms with E-state index in [1.165, 1.54) is 6.07 Å². The molecular formula is C15H14O4. The van der Waals surface area contributed by atoms with Crippen molar-refractivity contribution in [1.29, 1.82) is 0 Å². The van der Waals surface area contributed by atoms with E-state index in [1.54, 1.807) is 24.3 Å². The summed E-state index contributed by atoms with van der Waals surface area (Å²) < 4.78 is 0. The molecule has 0 aliphatic heterocycles. The Morgan fingerprint density at radius 1 is 0.895 bits per heavy atom. The Kier molecular flexibility index (Phi) is 3.71. The number of phenolic OH excluding ortho intramolecular Hbond substituents is 3. The third-order valence-electron chi connectivity index (χ3n) is 2.97. The second-order valence-corrected chi connectivity index (χ2v) is 4.32. The molecule has 2 aromatic rings. The molecule has 3 N–H and O–H groups in total. The smallest absolute Gasteiger partial charge is 0.154 e. The fraction of sp³-hybridized carbons (Fsp3) is 0.133. The molecule has 0 radical (unpaired) electrons. The number of carbonyl (C=O) groups excluding carboxylic acids is 1. The molecule has 19 heavy (non-hydrogen) atoms. The third-order valence-corrected chi connectivity index (χ3v) is 2.97. The lowest BCUT2D eigenvalue weighted by Crippen LogP contribution is -1.97. The minimum Gasteiger partial charge on any atom is -0.508 e. The number of phenols is 3. The number of aldehydes is 1. The van der Waals surface area contributed by atoms with Crippen molar-refractivity contribution in [3.05, 3.63) is 53.1 Å². The highest BCUT2D eigenvalue weighted by molar-refractivity contribution is 5.82. The van der Waals surface area contributed by atoms with E-state index in [1.807, 2.05) is 0 Å². The van der Waals surface area contributed by atoms with Gasteiger partial charge in [-0.05, 0) is 42.2 Å². The molecule has 0 heterocycles. The van der Waals surface area contributed by atoms with Gasteiger partial charge in [-0.15, -0.1) is 0 Å². The molecule has 4 heteroatoms. The van der Waals surface area contributed by atoms with Gasteiger partial charge in [0.05, 0.1) is 5.56 Å². The van der Waals surface area contributed by atoms with Gasteiger partial charge in [0.2, 0.25) is 0 Å². The summed E-state index contributed by atoms with van der Waals surface area (Å²) in [6.45, 7) is 0. The molecule has 0 bridgehead atoms. The fourth-order valence-electron chi connectivity index (χ4n) is 1.96. The Hall–Kier alpha value is -2.49. The highest BCUT2D eigenvalue weighted by Gasteiger charge is 2.09. The van der Waals surface area contributed by atoms with Crippen LogP contribution in [0.1, 0.15) is 21.5 Å². The number of hydrogen-bond donors (Lipinski definition) is 3. The highest BCUT2D eigenvalue weighted by atomic mass is 16.3. The van der Waals surface area contributed by atoms with Gasteiger partial charge in [0.1, 0.15) is 17.2 Å². The van der Waals surface area contributed by atoms with Crippen molar-refractivity contribution in [2.24, 2.45) is 0 Å². The van der Waals surface area contributed by atoms with Crippen LogP contribution in [0.25, 0.3) is 0 Å². The summed E-state index contributed by atoms with van der Waals surface area (Å²) in [5.74, 6) is -0.0770. The minimum absolute atomic E-state index is 0.0659. The van der Waals surface area contributed by atoms with Crippen molar-refractivity contribution in [2.75, 3.05) is 0 Å². The molecule has 98 valence electrons. The zero-order valence-electron chi connectivity index (χ0n) is 10.2. The second kappa shape index (κ2) is 5.44. The number of hydrogen-bond acceptors (Lipinski definition) is 4. The summed E-state index contributed by atoms with van der Waals surface area (Å²) in [5, 5.41) is 28.2. The molecule has 0 saturated carbocycles. The molecule has 0 fully saturated rings. The molecule has 0 amide bonds. The molecule has 0 unspecified atom stereocenters. The number of benzene rings is 2. The van der Waals surface area contributed by atoms with E-state index in [2.05, 4.69) is 0 Å². The van der Waals surface area contributed by atoms with Gasteiger partial charge in [0, 0.05) is 6.07 Å². The number of carbonyl (C=O) groups is 1. The van der Waals surface area contributed by atoms with Crippen LogP contribution in [0.3, 0.4) is 0 Å². The Bertz CT molecular complexity index is 588. The van der Waals surface area contributed by atoms with E-state index < -0.39 is 0 Å². The van der Waals surface area contributed by atoms with Crippen LogP contribution in [-0.2, 0) is 12.8 Å². The molecule has 0 aromatic heterocycles. The molecular weight excluding hydrogens is 244 g/mol. The largest absolute Gasteiger partial charge is 0.508 e. The lowest BCUT2D eigenvalue weighted by Gasteiger charge is -2.08. The first-order valence-corrected chi connectivity index (χ1v) is 5.88. The maximum Gasteiger partial charge on any atom is 0.154 e. The van der Waals surface area contributed by atoms with Gasteiger partial charge in [-0.1, -0.05) is 12.1 Å². The summed E-state index contributed by atoms with van der Waals surface area (Å²) in [6.07, 6.45) is 1.74. The second-order valence-electron chi connectivity index (χ2n) is 4.32. The minimum atomic E-state index is -0.212. The predicted octanol–water partition coefficient (Wildman–Crippen LogP) is 2.40. The summed E-state index contributed by atoms with van der Waals surface area (Å²) in [6, 6.07) is 9.39. The monoisotopic (exact) mass is 258 g/mol. The summed E-state index contributed by atoms with van der Waals surface area (Å²) in [7, 11) is 0. The van der Waals surface area contributed by atoms with Gasteiger partial charge < -0.3 is 15.3 Å². The van der Waals surface area contributed by atoms with Crippen LogP contribution >= 0.6 is 0 Å². The van der Waals surface area contributed by atoms with E-state index in [9.17, 15) is 20.1 Å². The molecule has 0 atom stereocenters.